The number of rotatable bonds is 6. The van der Waals surface area contributed by atoms with Crippen LogP contribution < -0.4 is 10.6 Å². The molecular weight excluding hydrogens is 312 g/mol. The van der Waals surface area contributed by atoms with Gasteiger partial charge in [-0.2, -0.15) is 0 Å². The Kier molecular flexibility index (Phi) is 5.44. The Morgan fingerprint density at radius 3 is 2.24 bits per heavy atom. The molecule has 4 heteroatoms. The van der Waals surface area contributed by atoms with Gasteiger partial charge in [0, 0.05) is 29.7 Å². The fraction of sp³-hybridized carbons (Fsp3) is 0.0952. The second-order valence-electron chi connectivity index (χ2n) is 5.66. The van der Waals surface area contributed by atoms with Gasteiger partial charge in [-0.1, -0.05) is 30.3 Å². The van der Waals surface area contributed by atoms with Gasteiger partial charge in [0.1, 0.15) is 0 Å². The van der Waals surface area contributed by atoms with Gasteiger partial charge >= 0.3 is 0 Å². The van der Waals surface area contributed by atoms with Crippen LogP contribution in [0.25, 0.3) is 0 Å². The molecule has 0 aliphatic heterocycles. The number of hydrogen-bond acceptors (Lipinski definition) is 3. The summed E-state index contributed by atoms with van der Waals surface area (Å²) in [5.74, 6) is -0.137. The molecule has 0 saturated heterocycles. The number of hydrogen-bond donors (Lipinski definition) is 2. The summed E-state index contributed by atoms with van der Waals surface area (Å²) in [6.45, 7) is 0.487. The van der Waals surface area contributed by atoms with Gasteiger partial charge in [-0.25, -0.2) is 0 Å². The summed E-state index contributed by atoms with van der Waals surface area (Å²) in [6, 6.07) is 25.0. The molecule has 25 heavy (non-hydrogen) atoms. The third kappa shape index (κ3) is 4.68. The van der Waals surface area contributed by atoms with Crippen LogP contribution in [0.3, 0.4) is 0 Å². The minimum Gasteiger partial charge on any atom is -0.380 e. The number of carbonyl (C=O) groups is 1. The Hall–Kier alpha value is -3.11. The van der Waals surface area contributed by atoms with Crippen LogP contribution >= 0.6 is 0 Å². The largest absolute Gasteiger partial charge is 0.380 e. The van der Waals surface area contributed by atoms with E-state index in [2.05, 4.69) is 10.6 Å². The van der Waals surface area contributed by atoms with Crippen molar-refractivity contribution in [1.82, 2.24) is 0 Å². The van der Waals surface area contributed by atoms with Crippen LogP contribution in [-0.2, 0) is 11.3 Å². The molecule has 0 fully saturated rings. The van der Waals surface area contributed by atoms with Gasteiger partial charge in [-0.15, -0.1) is 0 Å². The van der Waals surface area contributed by atoms with Crippen molar-refractivity contribution >= 4 is 23.0 Å². The van der Waals surface area contributed by atoms with E-state index in [0.29, 0.717) is 12.2 Å². The Labute approximate surface area is 147 Å². The Morgan fingerprint density at radius 1 is 0.840 bits per heavy atom. The molecule has 0 aromatic heterocycles. The van der Waals surface area contributed by atoms with Crippen molar-refractivity contribution < 1.29 is 9.53 Å². The zero-order valence-electron chi connectivity index (χ0n) is 14.0. The molecule has 1 amide bonds. The SMILES string of the molecule is COCc1cccc(C(=O)Nc2ccc(Nc3ccccc3)cc2)c1. The van der Waals surface area contributed by atoms with Crippen molar-refractivity contribution in [1.29, 1.82) is 0 Å². The highest BCUT2D eigenvalue weighted by atomic mass is 16.5. The molecule has 0 unspecified atom stereocenters. The van der Waals surface area contributed by atoms with Crippen LogP contribution in [0.4, 0.5) is 17.1 Å². The first kappa shape index (κ1) is 16.7. The van der Waals surface area contributed by atoms with E-state index in [1.807, 2.05) is 72.8 Å². The molecule has 126 valence electrons. The molecule has 0 bridgehead atoms. The number of methoxy groups -OCH3 is 1. The highest BCUT2D eigenvalue weighted by molar-refractivity contribution is 6.04. The molecule has 2 N–H and O–H groups in total. The van der Waals surface area contributed by atoms with Crippen molar-refractivity contribution in [2.24, 2.45) is 0 Å². The smallest absolute Gasteiger partial charge is 0.255 e. The summed E-state index contributed by atoms with van der Waals surface area (Å²) in [7, 11) is 1.64. The number of carbonyl (C=O) groups excluding carboxylic acids is 1. The standard InChI is InChI=1S/C21H20N2O2/c1-25-15-16-6-5-7-17(14-16)21(24)23-20-12-10-19(11-13-20)22-18-8-3-2-4-9-18/h2-14,22H,15H2,1H3,(H,23,24). The minimum atomic E-state index is -0.137. The summed E-state index contributed by atoms with van der Waals surface area (Å²) in [5.41, 5.74) is 4.32. The third-order valence-electron chi connectivity index (χ3n) is 3.71. The lowest BCUT2D eigenvalue weighted by Crippen LogP contribution is -2.12. The van der Waals surface area contributed by atoms with Crippen LogP contribution in [0.5, 0.6) is 0 Å². The van der Waals surface area contributed by atoms with Gasteiger partial charge in [-0.3, -0.25) is 4.79 Å². The summed E-state index contributed by atoms with van der Waals surface area (Å²) < 4.78 is 5.10. The maximum Gasteiger partial charge on any atom is 0.255 e. The van der Waals surface area contributed by atoms with Crippen LogP contribution in [-0.4, -0.2) is 13.0 Å². The molecule has 0 atom stereocenters. The average Bonchev–Trinajstić information content (AvgIpc) is 2.65. The fourth-order valence-corrected chi connectivity index (χ4v) is 2.50. The zero-order valence-corrected chi connectivity index (χ0v) is 14.0. The van der Waals surface area contributed by atoms with Crippen molar-refractivity contribution in [3.63, 3.8) is 0 Å². The Bertz CT molecular complexity index is 830. The molecule has 0 saturated carbocycles. The molecule has 4 nitrogen and oxygen atoms in total. The first-order valence-electron chi connectivity index (χ1n) is 8.06. The summed E-state index contributed by atoms with van der Waals surface area (Å²) in [6.07, 6.45) is 0. The van der Waals surface area contributed by atoms with Gasteiger partial charge in [-0.05, 0) is 54.1 Å². The average molecular weight is 332 g/mol. The van der Waals surface area contributed by atoms with Crippen molar-refractivity contribution in [3.05, 3.63) is 90.0 Å². The summed E-state index contributed by atoms with van der Waals surface area (Å²) in [4.78, 5) is 12.4. The van der Waals surface area contributed by atoms with Crippen LogP contribution in [0.1, 0.15) is 15.9 Å². The Balaban J connectivity index is 1.65. The number of ether oxygens (including phenoxy) is 1. The molecule has 0 aliphatic rings. The predicted octanol–water partition coefficient (Wildman–Crippen LogP) is 4.83. The quantitative estimate of drug-likeness (QED) is 0.680. The van der Waals surface area contributed by atoms with E-state index in [4.69, 9.17) is 4.74 Å². The van der Waals surface area contributed by atoms with Crippen LogP contribution in [0.15, 0.2) is 78.9 Å². The maximum absolute atomic E-state index is 12.4. The number of anilines is 3. The lowest BCUT2D eigenvalue weighted by Gasteiger charge is -2.09. The number of amides is 1. The monoisotopic (exact) mass is 332 g/mol. The van der Waals surface area contributed by atoms with E-state index >= 15 is 0 Å². The van der Waals surface area contributed by atoms with E-state index in [1.54, 1.807) is 13.2 Å². The molecule has 0 radical (unpaired) electrons. The topological polar surface area (TPSA) is 50.4 Å². The molecular formula is C21H20N2O2. The van der Waals surface area contributed by atoms with Gasteiger partial charge in [0.2, 0.25) is 0 Å². The lowest BCUT2D eigenvalue weighted by molar-refractivity contribution is 0.102. The lowest BCUT2D eigenvalue weighted by atomic mass is 10.1. The van der Waals surface area contributed by atoms with Crippen molar-refractivity contribution in [3.8, 4) is 0 Å². The van der Waals surface area contributed by atoms with Crippen molar-refractivity contribution in [2.75, 3.05) is 17.7 Å². The maximum atomic E-state index is 12.4. The molecule has 3 aromatic rings. The van der Waals surface area contributed by atoms with Crippen LogP contribution in [0.2, 0.25) is 0 Å². The number of nitrogens with one attached hydrogen (secondary N) is 2. The summed E-state index contributed by atoms with van der Waals surface area (Å²) >= 11 is 0. The predicted molar refractivity (Wildman–Crippen MR) is 101 cm³/mol. The van der Waals surface area contributed by atoms with Crippen molar-refractivity contribution in [2.45, 2.75) is 6.61 Å². The van der Waals surface area contributed by atoms with Gasteiger partial charge < -0.3 is 15.4 Å². The number of para-hydroxylation sites is 1. The van der Waals surface area contributed by atoms with Gasteiger partial charge in [0.15, 0.2) is 0 Å². The third-order valence-corrected chi connectivity index (χ3v) is 3.71. The second kappa shape index (κ2) is 8.13. The normalized spacial score (nSPS) is 10.3. The first-order chi connectivity index (χ1) is 12.2. The molecule has 0 spiro atoms. The summed E-state index contributed by atoms with van der Waals surface area (Å²) in [5, 5.41) is 6.22. The van der Waals surface area contributed by atoms with E-state index in [0.717, 1.165) is 22.6 Å². The number of benzene rings is 3. The van der Waals surface area contributed by atoms with Crippen LogP contribution in [0, 0.1) is 0 Å². The minimum absolute atomic E-state index is 0.137. The molecule has 0 aliphatic carbocycles. The fourth-order valence-electron chi connectivity index (χ4n) is 2.50. The molecule has 3 rings (SSSR count). The Morgan fingerprint density at radius 2 is 1.52 bits per heavy atom. The first-order valence-corrected chi connectivity index (χ1v) is 8.06. The highest BCUT2D eigenvalue weighted by Gasteiger charge is 2.07. The van der Waals surface area contributed by atoms with E-state index in [-0.39, 0.29) is 5.91 Å². The second-order valence-corrected chi connectivity index (χ2v) is 5.66. The van der Waals surface area contributed by atoms with E-state index in [1.165, 1.54) is 0 Å². The van der Waals surface area contributed by atoms with E-state index in [9.17, 15) is 4.79 Å². The molecule has 0 heterocycles. The molecule has 3 aromatic carbocycles. The van der Waals surface area contributed by atoms with Gasteiger partial charge in [0.25, 0.3) is 5.91 Å². The van der Waals surface area contributed by atoms with E-state index < -0.39 is 0 Å². The zero-order chi connectivity index (χ0) is 17.5. The highest BCUT2D eigenvalue weighted by Crippen LogP contribution is 2.19. The van der Waals surface area contributed by atoms with Gasteiger partial charge in [0.05, 0.1) is 6.61 Å².